The average molecular weight is 308 g/mol. The van der Waals surface area contributed by atoms with Gasteiger partial charge < -0.3 is 10.1 Å². The van der Waals surface area contributed by atoms with E-state index >= 15 is 0 Å². The number of hydrogen-bond acceptors (Lipinski definition) is 5. The Labute approximate surface area is 127 Å². The number of rotatable bonds is 5. The van der Waals surface area contributed by atoms with Crippen molar-refractivity contribution in [3.8, 4) is 0 Å². The molecule has 21 heavy (non-hydrogen) atoms. The van der Waals surface area contributed by atoms with Crippen LogP contribution in [0.1, 0.15) is 18.4 Å². The Bertz CT molecular complexity index is 544. The fraction of sp³-hybridized carbons (Fsp3) is 0.385. The molecule has 1 aromatic carbocycles. The quantitative estimate of drug-likeness (QED) is 0.371. The van der Waals surface area contributed by atoms with Crippen molar-refractivity contribution >= 4 is 29.2 Å². The molecule has 1 aliphatic rings. The minimum Gasteiger partial charge on any atom is -0.376 e. The zero-order valence-corrected chi connectivity index (χ0v) is 12.1. The van der Waals surface area contributed by atoms with Gasteiger partial charge in [-0.2, -0.15) is 5.10 Å². The van der Waals surface area contributed by atoms with E-state index in [1.165, 1.54) is 12.3 Å². The summed E-state index contributed by atoms with van der Waals surface area (Å²) >= 11 is 5.06. The van der Waals surface area contributed by atoms with E-state index in [-0.39, 0.29) is 11.8 Å². The lowest BCUT2D eigenvalue weighted by Crippen LogP contribution is -2.37. The average Bonchev–Trinajstić information content (AvgIpc) is 2.99. The minimum atomic E-state index is -0.449. The molecule has 0 saturated carbocycles. The molecule has 7 nitrogen and oxygen atoms in total. The first kappa shape index (κ1) is 15.3. The van der Waals surface area contributed by atoms with E-state index in [9.17, 15) is 10.1 Å². The van der Waals surface area contributed by atoms with E-state index in [0.29, 0.717) is 17.2 Å². The molecule has 2 rings (SSSR count). The standard InChI is InChI=1S/C13H16N4O3S/c18-17(19)12-6-2-1-4-10(12)8-15-16-13(21)14-9-11-5-3-7-20-11/h1-2,4,6,8,11H,3,5,7,9H2,(H2,14,16,21). The number of thiocarbonyl (C=S) groups is 1. The molecule has 1 saturated heterocycles. The normalized spacial score (nSPS) is 17.8. The lowest BCUT2D eigenvalue weighted by Gasteiger charge is -2.11. The van der Waals surface area contributed by atoms with Gasteiger partial charge in [0, 0.05) is 19.2 Å². The molecule has 0 spiro atoms. The number of benzene rings is 1. The summed E-state index contributed by atoms with van der Waals surface area (Å²) in [6.45, 7) is 1.43. The highest BCUT2D eigenvalue weighted by Gasteiger charge is 2.15. The summed E-state index contributed by atoms with van der Waals surface area (Å²) in [6.07, 6.45) is 3.65. The first-order valence-electron chi connectivity index (χ1n) is 6.59. The fourth-order valence-electron chi connectivity index (χ4n) is 1.97. The van der Waals surface area contributed by atoms with E-state index in [0.717, 1.165) is 19.4 Å². The van der Waals surface area contributed by atoms with Crippen LogP contribution in [0, 0.1) is 10.1 Å². The first-order valence-corrected chi connectivity index (χ1v) is 6.99. The number of nitro groups is 1. The third kappa shape index (κ3) is 4.76. The van der Waals surface area contributed by atoms with Gasteiger partial charge in [-0.3, -0.25) is 15.5 Å². The zero-order valence-electron chi connectivity index (χ0n) is 11.3. The Morgan fingerprint density at radius 2 is 2.38 bits per heavy atom. The molecule has 8 heteroatoms. The van der Waals surface area contributed by atoms with E-state index in [2.05, 4.69) is 15.8 Å². The maximum atomic E-state index is 10.8. The highest BCUT2D eigenvalue weighted by atomic mass is 32.1. The van der Waals surface area contributed by atoms with Gasteiger partial charge in [0.2, 0.25) is 0 Å². The van der Waals surface area contributed by atoms with Crippen LogP contribution in [0.3, 0.4) is 0 Å². The summed E-state index contributed by atoms with van der Waals surface area (Å²) in [5.74, 6) is 0. The molecule has 112 valence electrons. The molecule has 0 radical (unpaired) electrons. The molecule has 0 aromatic heterocycles. The second-order valence-corrected chi connectivity index (χ2v) is 4.94. The van der Waals surface area contributed by atoms with Crippen molar-refractivity contribution in [2.75, 3.05) is 13.2 Å². The second kappa shape index (κ2) is 7.65. The predicted molar refractivity (Wildman–Crippen MR) is 83.4 cm³/mol. The highest BCUT2D eigenvalue weighted by Crippen LogP contribution is 2.15. The summed E-state index contributed by atoms with van der Waals surface area (Å²) in [7, 11) is 0. The molecule has 2 N–H and O–H groups in total. The van der Waals surface area contributed by atoms with Gasteiger partial charge in [-0.15, -0.1) is 0 Å². The Kier molecular flexibility index (Phi) is 5.59. The third-order valence-electron chi connectivity index (χ3n) is 3.02. The van der Waals surface area contributed by atoms with Gasteiger partial charge in [0.25, 0.3) is 5.69 Å². The SMILES string of the molecule is O=[N+]([O-])c1ccccc1C=NNC(=S)NCC1CCCO1. The molecule has 0 bridgehead atoms. The molecular formula is C13H16N4O3S. The van der Waals surface area contributed by atoms with Crippen molar-refractivity contribution in [1.82, 2.24) is 10.7 Å². The number of hydrogen-bond donors (Lipinski definition) is 2. The second-order valence-electron chi connectivity index (χ2n) is 4.53. The van der Waals surface area contributed by atoms with Gasteiger partial charge in [0.15, 0.2) is 5.11 Å². The number of nitro benzene ring substituents is 1. The van der Waals surface area contributed by atoms with Crippen LogP contribution >= 0.6 is 12.2 Å². The lowest BCUT2D eigenvalue weighted by molar-refractivity contribution is -0.385. The largest absolute Gasteiger partial charge is 0.376 e. The lowest BCUT2D eigenvalue weighted by atomic mass is 10.2. The van der Waals surface area contributed by atoms with Crippen molar-refractivity contribution in [2.45, 2.75) is 18.9 Å². The van der Waals surface area contributed by atoms with Crippen LogP contribution in [-0.4, -0.2) is 35.5 Å². The van der Waals surface area contributed by atoms with Crippen LogP contribution in [0.15, 0.2) is 29.4 Å². The Balaban J connectivity index is 1.81. The van der Waals surface area contributed by atoms with Crippen LogP contribution in [0.2, 0.25) is 0 Å². The summed E-state index contributed by atoms with van der Waals surface area (Å²) in [5, 5.41) is 18.1. The van der Waals surface area contributed by atoms with Crippen LogP contribution in [0.5, 0.6) is 0 Å². The number of nitrogens with one attached hydrogen (secondary N) is 2. The topological polar surface area (TPSA) is 88.8 Å². The number of hydrazone groups is 1. The van der Waals surface area contributed by atoms with Crippen molar-refractivity contribution in [3.63, 3.8) is 0 Å². The Morgan fingerprint density at radius 1 is 1.57 bits per heavy atom. The molecule has 1 fully saturated rings. The van der Waals surface area contributed by atoms with Gasteiger partial charge in [-0.25, -0.2) is 0 Å². The van der Waals surface area contributed by atoms with Crippen LogP contribution in [-0.2, 0) is 4.74 Å². The smallest absolute Gasteiger partial charge is 0.278 e. The monoisotopic (exact) mass is 308 g/mol. The van der Waals surface area contributed by atoms with E-state index in [1.807, 2.05) is 0 Å². The van der Waals surface area contributed by atoms with E-state index in [4.69, 9.17) is 17.0 Å². The summed E-state index contributed by atoms with van der Waals surface area (Å²) in [5.41, 5.74) is 3.05. The summed E-state index contributed by atoms with van der Waals surface area (Å²) in [6, 6.07) is 6.36. The van der Waals surface area contributed by atoms with Gasteiger partial charge >= 0.3 is 0 Å². The molecule has 1 aliphatic heterocycles. The highest BCUT2D eigenvalue weighted by molar-refractivity contribution is 7.80. The molecule has 0 aliphatic carbocycles. The maximum Gasteiger partial charge on any atom is 0.278 e. The third-order valence-corrected chi connectivity index (χ3v) is 3.25. The molecule has 1 atom stereocenters. The summed E-state index contributed by atoms with van der Waals surface area (Å²) in [4.78, 5) is 10.4. The van der Waals surface area contributed by atoms with Gasteiger partial charge in [0.1, 0.15) is 0 Å². The zero-order chi connectivity index (χ0) is 15.1. The molecular weight excluding hydrogens is 292 g/mol. The van der Waals surface area contributed by atoms with Crippen molar-refractivity contribution in [3.05, 3.63) is 39.9 Å². The van der Waals surface area contributed by atoms with Gasteiger partial charge in [0.05, 0.1) is 22.8 Å². The molecule has 1 aromatic rings. The maximum absolute atomic E-state index is 10.8. The first-order chi connectivity index (χ1) is 10.2. The molecule has 0 amide bonds. The van der Waals surface area contributed by atoms with Crippen molar-refractivity contribution in [2.24, 2.45) is 5.10 Å². The van der Waals surface area contributed by atoms with Gasteiger partial charge in [-0.1, -0.05) is 12.1 Å². The minimum absolute atomic E-state index is 0.00119. The van der Waals surface area contributed by atoms with Crippen molar-refractivity contribution in [1.29, 1.82) is 0 Å². The number of nitrogens with zero attached hydrogens (tertiary/aromatic N) is 2. The molecule has 1 unspecified atom stereocenters. The Morgan fingerprint density at radius 3 is 3.10 bits per heavy atom. The predicted octanol–water partition coefficient (Wildman–Crippen LogP) is 1.57. The number of ether oxygens (including phenoxy) is 1. The van der Waals surface area contributed by atoms with E-state index in [1.54, 1.807) is 18.2 Å². The Hall–Kier alpha value is -2.06. The van der Waals surface area contributed by atoms with E-state index < -0.39 is 4.92 Å². The van der Waals surface area contributed by atoms with Crippen molar-refractivity contribution < 1.29 is 9.66 Å². The molecule has 1 heterocycles. The fourth-order valence-corrected chi connectivity index (χ4v) is 2.11. The van der Waals surface area contributed by atoms with Crippen LogP contribution in [0.4, 0.5) is 5.69 Å². The van der Waals surface area contributed by atoms with Gasteiger partial charge in [-0.05, 0) is 31.1 Å². The number of para-hydroxylation sites is 1. The van der Waals surface area contributed by atoms with Crippen LogP contribution in [0.25, 0.3) is 0 Å². The van der Waals surface area contributed by atoms with Crippen LogP contribution < -0.4 is 10.7 Å². The summed E-state index contributed by atoms with van der Waals surface area (Å²) < 4.78 is 5.46.